The maximum Gasteiger partial charge on any atom is 0.408 e. The molecule has 0 spiro atoms. The van der Waals surface area contributed by atoms with Gasteiger partial charge in [-0.25, -0.2) is 9.24 Å². The van der Waals surface area contributed by atoms with Crippen LogP contribution in [0.4, 0.5) is 0 Å². The van der Waals surface area contributed by atoms with Gasteiger partial charge in [0.2, 0.25) is 6.79 Å². The van der Waals surface area contributed by atoms with Gasteiger partial charge in [0, 0.05) is 12.1 Å². The van der Waals surface area contributed by atoms with Crippen LogP contribution in [0.5, 0.6) is 11.5 Å². The highest BCUT2D eigenvalue weighted by Crippen LogP contribution is 2.53. The van der Waals surface area contributed by atoms with E-state index in [0.29, 0.717) is 43.2 Å². The number of unbranched alkanes of at least 4 members (excludes halogenated alkanes) is 2. The maximum atomic E-state index is 13.4. The summed E-state index contributed by atoms with van der Waals surface area (Å²) >= 11 is 0. The lowest BCUT2D eigenvalue weighted by molar-refractivity contribution is 0.0936. The number of rotatable bonds is 9. The molecule has 0 N–H and O–H groups in total. The van der Waals surface area contributed by atoms with Crippen molar-refractivity contribution in [2.24, 2.45) is 0 Å². The fourth-order valence-electron chi connectivity index (χ4n) is 3.09. The number of ether oxygens (including phenoxy) is 2. The lowest BCUT2D eigenvalue weighted by Gasteiger charge is -2.28. The first-order chi connectivity index (χ1) is 13.1. The van der Waals surface area contributed by atoms with E-state index in [1.54, 1.807) is 10.7 Å². The van der Waals surface area contributed by atoms with Crippen molar-refractivity contribution < 1.29 is 27.9 Å². The summed E-state index contributed by atoms with van der Waals surface area (Å²) in [6, 6.07) is 3.57. The molecule has 2 heterocycles. The zero-order valence-corrected chi connectivity index (χ0v) is 17.0. The second kappa shape index (κ2) is 9.20. The van der Waals surface area contributed by atoms with E-state index in [1.807, 2.05) is 19.9 Å². The Labute approximate surface area is 160 Å². The molecule has 27 heavy (non-hydrogen) atoms. The van der Waals surface area contributed by atoms with E-state index in [0.717, 1.165) is 31.2 Å². The lowest BCUT2D eigenvalue weighted by atomic mass is 10.0. The summed E-state index contributed by atoms with van der Waals surface area (Å²) in [5, 5.41) is 0. The predicted octanol–water partition coefficient (Wildman–Crippen LogP) is 4.20. The summed E-state index contributed by atoms with van der Waals surface area (Å²) in [5.74, 6) is 1.12. The van der Waals surface area contributed by atoms with Crippen molar-refractivity contribution in [1.82, 2.24) is 4.67 Å². The Balaban J connectivity index is 1.78. The zero-order valence-electron chi connectivity index (χ0n) is 16.1. The van der Waals surface area contributed by atoms with Crippen molar-refractivity contribution in [2.75, 3.05) is 33.1 Å². The van der Waals surface area contributed by atoms with Crippen molar-refractivity contribution in [3.8, 4) is 11.5 Å². The topological polar surface area (TPSA) is 74.3 Å². The monoisotopic (exact) mass is 397 g/mol. The summed E-state index contributed by atoms with van der Waals surface area (Å²) in [6.45, 7) is 5.39. The first kappa shape index (κ1) is 20.3. The van der Waals surface area contributed by atoms with E-state index in [1.165, 1.54) is 0 Å². The Morgan fingerprint density at radius 3 is 2.33 bits per heavy atom. The van der Waals surface area contributed by atoms with Gasteiger partial charge in [-0.2, -0.15) is 0 Å². The maximum absolute atomic E-state index is 13.4. The van der Waals surface area contributed by atoms with E-state index in [9.17, 15) is 9.36 Å². The van der Waals surface area contributed by atoms with Crippen LogP contribution in [0.25, 0.3) is 0 Å². The number of benzene rings is 1. The van der Waals surface area contributed by atoms with E-state index >= 15 is 0 Å². The summed E-state index contributed by atoms with van der Waals surface area (Å²) < 4.78 is 37.2. The normalized spacial score (nSPS) is 17.0. The van der Waals surface area contributed by atoms with Crippen LogP contribution in [0, 0.1) is 0 Å². The summed E-state index contributed by atoms with van der Waals surface area (Å²) in [4.78, 5) is 12.9. The molecule has 150 valence electrons. The second-order valence-corrected chi connectivity index (χ2v) is 8.79. The molecule has 0 aromatic heterocycles. The van der Waals surface area contributed by atoms with Gasteiger partial charge in [-0.15, -0.1) is 0 Å². The molecule has 2 aliphatic rings. The average Bonchev–Trinajstić information content (AvgIpc) is 3.05. The van der Waals surface area contributed by atoms with Crippen molar-refractivity contribution in [1.29, 1.82) is 0 Å². The summed E-state index contributed by atoms with van der Waals surface area (Å²) in [7, 11) is -3.51. The van der Waals surface area contributed by atoms with Crippen LogP contribution < -0.4 is 9.47 Å². The number of ketones is 1. The van der Waals surface area contributed by atoms with Crippen LogP contribution in [-0.2, 0) is 20.0 Å². The molecule has 0 bridgehead atoms. The Kier molecular flexibility index (Phi) is 6.93. The van der Waals surface area contributed by atoms with Gasteiger partial charge in [0.1, 0.15) is 0 Å². The molecule has 1 aromatic carbocycles. The van der Waals surface area contributed by atoms with Gasteiger partial charge < -0.3 is 9.47 Å². The van der Waals surface area contributed by atoms with Crippen LogP contribution in [-0.4, -0.2) is 43.5 Å². The predicted molar refractivity (Wildman–Crippen MR) is 101 cm³/mol. The third kappa shape index (κ3) is 4.72. The fraction of sp³-hybridized carbons (Fsp3) is 0.632. The molecule has 3 rings (SSSR count). The summed E-state index contributed by atoms with van der Waals surface area (Å²) in [6.07, 6.45) is 4.03. The SMILES string of the molecule is CCCCOP(=O)(OCCCC)N1CCc2cc3c(cc2C(=O)C1)OCO3. The average molecular weight is 397 g/mol. The van der Waals surface area contributed by atoms with E-state index in [4.69, 9.17) is 18.5 Å². The first-order valence-corrected chi connectivity index (χ1v) is 11.2. The van der Waals surface area contributed by atoms with Crippen LogP contribution in [0.15, 0.2) is 12.1 Å². The molecular weight excluding hydrogens is 369 g/mol. The molecule has 0 saturated carbocycles. The number of hydrogen-bond donors (Lipinski definition) is 0. The largest absolute Gasteiger partial charge is 0.454 e. The molecular formula is C19H28NO6P. The van der Waals surface area contributed by atoms with Crippen molar-refractivity contribution in [3.63, 3.8) is 0 Å². The van der Waals surface area contributed by atoms with Crippen LogP contribution >= 0.6 is 7.75 Å². The highest BCUT2D eigenvalue weighted by atomic mass is 31.2. The van der Waals surface area contributed by atoms with Gasteiger partial charge >= 0.3 is 7.75 Å². The van der Waals surface area contributed by atoms with E-state index < -0.39 is 7.75 Å². The van der Waals surface area contributed by atoms with Crippen molar-refractivity contribution >= 4 is 13.5 Å². The molecule has 0 unspecified atom stereocenters. The number of hydrogen-bond acceptors (Lipinski definition) is 6. The lowest BCUT2D eigenvalue weighted by Crippen LogP contribution is -2.29. The number of Topliss-reactive ketones (excluding diaryl/α,β-unsaturated/α-hetero) is 1. The molecule has 0 atom stereocenters. The molecule has 7 nitrogen and oxygen atoms in total. The minimum Gasteiger partial charge on any atom is -0.454 e. The van der Waals surface area contributed by atoms with Gasteiger partial charge in [-0.1, -0.05) is 26.7 Å². The summed E-state index contributed by atoms with van der Waals surface area (Å²) in [5.41, 5.74) is 1.47. The number of carbonyl (C=O) groups excluding carboxylic acids is 1. The minimum absolute atomic E-state index is 0.00215. The van der Waals surface area contributed by atoms with Crippen LogP contribution in [0.2, 0.25) is 0 Å². The molecule has 0 radical (unpaired) electrons. The molecule has 2 aliphatic heterocycles. The van der Waals surface area contributed by atoms with Crippen LogP contribution in [0.3, 0.4) is 0 Å². The number of carbonyl (C=O) groups is 1. The quantitative estimate of drug-likeness (QED) is 0.457. The molecule has 0 fully saturated rings. The third-order valence-corrected chi connectivity index (χ3v) is 6.77. The Hall–Kier alpha value is -1.40. The third-order valence-electron chi connectivity index (χ3n) is 4.72. The van der Waals surface area contributed by atoms with Gasteiger partial charge in [-0.05, 0) is 37.0 Å². The van der Waals surface area contributed by atoms with Crippen molar-refractivity contribution in [2.45, 2.75) is 46.0 Å². The van der Waals surface area contributed by atoms with Gasteiger partial charge in [0.15, 0.2) is 17.3 Å². The molecule has 0 amide bonds. The molecule has 1 aromatic rings. The Bertz CT molecular complexity index is 708. The standard InChI is InChI=1S/C19H28NO6P/c1-3-5-9-25-27(22,26-10-6-4-2)20-8-7-15-11-18-19(24-14-23-18)12-16(15)17(21)13-20/h11-12H,3-10,13-14H2,1-2H3. The van der Waals surface area contributed by atoms with Gasteiger partial charge in [0.25, 0.3) is 0 Å². The number of nitrogens with zero attached hydrogens (tertiary/aromatic N) is 1. The van der Waals surface area contributed by atoms with Crippen molar-refractivity contribution in [3.05, 3.63) is 23.3 Å². The minimum atomic E-state index is -3.51. The zero-order chi connectivity index (χ0) is 19.3. The highest BCUT2D eigenvalue weighted by Gasteiger charge is 2.37. The van der Waals surface area contributed by atoms with E-state index in [-0.39, 0.29) is 19.1 Å². The molecule has 0 saturated heterocycles. The number of fused-ring (bicyclic) bond motifs is 2. The molecule has 0 aliphatic carbocycles. The van der Waals surface area contributed by atoms with Gasteiger partial charge in [0.05, 0.1) is 19.8 Å². The Morgan fingerprint density at radius 1 is 1.07 bits per heavy atom. The van der Waals surface area contributed by atoms with E-state index in [2.05, 4.69) is 0 Å². The molecule has 8 heteroatoms. The smallest absolute Gasteiger partial charge is 0.408 e. The van der Waals surface area contributed by atoms with Crippen LogP contribution in [0.1, 0.15) is 55.5 Å². The fourth-order valence-corrected chi connectivity index (χ4v) is 4.86. The second-order valence-electron chi connectivity index (χ2n) is 6.77. The van der Waals surface area contributed by atoms with Gasteiger partial charge in [-0.3, -0.25) is 13.8 Å². The first-order valence-electron chi connectivity index (χ1n) is 9.67. The Morgan fingerprint density at radius 2 is 1.70 bits per heavy atom. The highest BCUT2D eigenvalue weighted by molar-refractivity contribution is 7.51.